The molecule has 0 saturated carbocycles. The van der Waals surface area contributed by atoms with Crippen LogP contribution in [0.2, 0.25) is 5.02 Å². The molecule has 29 heavy (non-hydrogen) atoms. The highest BCUT2D eigenvalue weighted by Crippen LogP contribution is 2.24. The van der Waals surface area contributed by atoms with Gasteiger partial charge in [0.05, 0.1) is 0 Å². The molecule has 0 aliphatic carbocycles. The third-order valence-electron chi connectivity index (χ3n) is 4.40. The van der Waals surface area contributed by atoms with E-state index in [2.05, 4.69) is 37.9 Å². The Kier molecular flexibility index (Phi) is 8.91. The summed E-state index contributed by atoms with van der Waals surface area (Å²) in [5.74, 6) is -3.28. The molecular weight excluding hydrogens is 464 g/mol. The van der Waals surface area contributed by atoms with Gasteiger partial charge in [0.15, 0.2) is 0 Å². The van der Waals surface area contributed by atoms with Crippen LogP contribution >= 0.6 is 27.5 Å². The number of benzene rings is 2. The fourth-order valence-corrected chi connectivity index (χ4v) is 3.41. The molecule has 0 atom stereocenters. The van der Waals surface area contributed by atoms with Crippen molar-refractivity contribution in [3.05, 3.63) is 63.1 Å². The molecule has 3 rings (SSSR count). The highest BCUT2D eigenvalue weighted by atomic mass is 79.9. The van der Waals surface area contributed by atoms with E-state index in [0.717, 1.165) is 54.3 Å². The van der Waals surface area contributed by atoms with E-state index in [1.807, 2.05) is 24.3 Å². The highest BCUT2D eigenvalue weighted by Gasteiger charge is 2.18. The van der Waals surface area contributed by atoms with Crippen molar-refractivity contribution in [2.45, 2.75) is 13.1 Å². The average molecular weight is 486 g/mol. The second kappa shape index (κ2) is 11.2. The van der Waals surface area contributed by atoms with Crippen LogP contribution in [0.3, 0.4) is 0 Å². The van der Waals surface area contributed by atoms with E-state index in [0.29, 0.717) is 5.75 Å². The van der Waals surface area contributed by atoms with Crippen molar-refractivity contribution < 1.29 is 24.9 Å². The first-order valence-corrected chi connectivity index (χ1v) is 10.0. The number of carbonyl (C=O) groups is 2. The molecule has 2 aromatic rings. The van der Waals surface area contributed by atoms with Crippen LogP contribution in [0.15, 0.2) is 46.9 Å². The zero-order valence-electron chi connectivity index (χ0n) is 15.6. The Morgan fingerprint density at radius 3 is 1.93 bits per heavy atom. The van der Waals surface area contributed by atoms with E-state index < -0.39 is 11.9 Å². The number of phenols is 1. The van der Waals surface area contributed by atoms with Crippen LogP contribution in [0, 0.1) is 0 Å². The Hall–Kier alpha value is -2.13. The molecule has 7 nitrogen and oxygen atoms in total. The maximum absolute atomic E-state index is 9.97. The lowest BCUT2D eigenvalue weighted by molar-refractivity contribution is -0.159. The van der Waals surface area contributed by atoms with Gasteiger partial charge >= 0.3 is 11.9 Å². The third-order valence-corrected chi connectivity index (χ3v) is 5.15. The number of hydrogen-bond donors (Lipinski definition) is 3. The second-order valence-corrected chi connectivity index (χ2v) is 7.91. The Bertz CT molecular complexity index is 827. The van der Waals surface area contributed by atoms with Crippen LogP contribution < -0.4 is 0 Å². The lowest BCUT2D eigenvalue weighted by Crippen LogP contribution is -2.45. The molecule has 3 N–H and O–H groups in total. The quantitative estimate of drug-likeness (QED) is 0.571. The predicted molar refractivity (Wildman–Crippen MR) is 113 cm³/mol. The molecule has 0 spiro atoms. The van der Waals surface area contributed by atoms with Crippen molar-refractivity contribution in [3.63, 3.8) is 0 Å². The van der Waals surface area contributed by atoms with Crippen LogP contribution in [0.5, 0.6) is 5.75 Å². The number of phenolic OH excluding ortho intramolecular Hbond substituents is 1. The first-order valence-electron chi connectivity index (χ1n) is 8.87. The van der Waals surface area contributed by atoms with Gasteiger partial charge < -0.3 is 15.3 Å². The largest absolute Gasteiger partial charge is 0.508 e. The summed E-state index contributed by atoms with van der Waals surface area (Å²) in [7, 11) is 0. The van der Waals surface area contributed by atoms with Gasteiger partial charge in [-0.05, 0) is 35.9 Å². The number of nitrogens with zero attached hydrogens (tertiary/aromatic N) is 2. The van der Waals surface area contributed by atoms with Gasteiger partial charge in [0.2, 0.25) is 0 Å². The molecule has 156 valence electrons. The summed E-state index contributed by atoms with van der Waals surface area (Å²) >= 11 is 9.40. The number of carboxylic acid groups (broad SMARTS) is 2. The van der Waals surface area contributed by atoms with Gasteiger partial charge in [-0.1, -0.05) is 39.7 Å². The molecule has 1 aliphatic heterocycles. The number of hydrogen-bond acceptors (Lipinski definition) is 5. The van der Waals surface area contributed by atoms with Gasteiger partial charge in [0.1, 0.15) is 5.75 Å². The lowest BCUT2D eigenvalue weighted by atomic mass is 10.1. The number of rotatable bonds is 4. The molecule has 0 radical (unpaired) electrons. The highest BCUT2D eigenvalue weighted by molar-refractivity contribution is 9.10. The summed E-state index contributed by atoms with van der Waals surface area (Å²) in [5, 5.41) is 25.5. The first-order chi connectivity index (χ1) is 13.7. The first kappa shape index (κ1) is 23.2. The topological polar surface area (TPSA) is 101 Å². The number of piperazine rings is 1. The molecule has 0 bridgehead atoms. The SMILES string of the molecule is O=C(O)C(=O)O.Oc1ccc(Br)cc1CN1CCN(Cc2ccc(Cl)cc2)CC1. The van der Waals surface area contributed by atoms with Crippen molar-refractivity contribution in [2.24, 2.45) is 0 Å². The van der Waals surface area contributed by atoms with Gasteiger partial charge in [0, 0.05) is 54.3 Å². The minimum absolute atomic E-state index is 0.372. The minimum atomic E-state index is -1.82. The fraction of sp³-hybridized carbons (Fsp3) is 0.300. The van der Waals surface area contributed by atoms with E-state index in [9.17, 15) is 5.11 Å². The van der Waals surface area contributed by atoms with Crippen molar-refractivity contribution >= 4 is 39.5 Å². The van der Waals surface area contributed by atoms with Gasteiger partial charge in [-0.3, -0.25) is 9.80 Å². The van der Waals surface area contributed by atoms with Crippen molar-refractivity contribution in [1.82, 2.24) is 9.80 Å². The third kappa shape index (κ3) is 8.02. The Labute approximate surface area is 182 Å². The monoisotopic (exact) mass is 484 g/mol. The van der Waals surface area contributed by atoms with Crippen LogP contribution in [0.1, 0.15) is 11.1 Å². The number of carboxylic acids is 2. The fourth-order valence-electron chi connectivity index (χ4n) is 2.88. The molecule has 0 amide bonds. The Morgan fingerprint density at radius 2 is 1.41 bits per heavy atom. The molecule has 2 aromatic carbocycles. The molecular formula is C20H22BrClN2O5. The normalized spacial score (nSPS) is 14.7. The summed E-state index contributed by atoms with van der Waals surface area (Å²) < 4.78 is 1.01. The molecule has 1 fully saturated rings. The summed E-state index contributed by atoms with van der Waals surface area (Å²) in [6.07, 6.45) is 0. The van der Waals surface area contributed by atoms with Crippen molar-refractivity contribution in [1.29, 1.82) is 0 Å². The summed E-state index contributed by atoms with van der Waals surface area (Å²) in [6.45, 7) is 5.86. The minimum Gasteiger partial charge on any atom is -0.508 e. The smallest absolute Gasteiger partial charge is 0.414 e. The van der Waals surface area contributed by atoms with Crippen molar-refractivity contribution in [3.8, 4) is 5.75 Å². The molecule has 1 heterocycles. The molecule has 0 unspecified atom stereocenters. The average Bonchev–Trinajstić information content (AvgIpc) is 2.68. The number of aromatic hydroxyl groups is 1. The van der Waals surface area contributed by atoms with Gasteiger partial charge in [0.25, 0.3) is 0 Å². The zero-order valence-corrected chi connectivity index (χ0v) is 17.9. The summed E-state index contributed by atoms with van der Waals surface area (Å²) in [5.41, 5.74) is 2.28. The lowest BCUT2D eigenvalue weighted by Gasteiger charge is -2.34. The van der Waals surface area contributed by atoms with E-state index in [1.165, 1.54) is 5.56 Å². The molecule has 0 aromatic heterocycles. The second-order valence-electron chi connectivity index (χ2n) is 6.56. The van der Waals surface area contributed by atoms with Crippen molar-refractivity contribution in [2.75, 3.05) is 26.2 Å². The molecule has 1 aliphatic rings. The molecule has 9 heteroatoms. The van der Waals surface area contributed by atoms with Crippen LogP contribution in [0.4, 0.5) is 0 Å². The van der Waals surface area contributed by atoms with E-state index >= 15 is 0 Å². The summed E-state index contributed by atoms with van der Waals surface area (Å²) in [4.78, 5) is 23.0. The maximum Gasteiger partial charge on any atom is 0.414 e. The van der Waals surface area contributed by atoms with E-state index in [-0.39, 0.29) is 0 Å². The standard InChI is InChI=1S/C18H20BrClN2O.C2H2O4/c19-16-3-6-18(23)15(11-16)13-22-9-7-21(8-10-22)12-14-1-4-17(20)5-2-14;3-1(4)2(5)6/h1-6,11,23H,7-10,12-13H2;(H,3,4)(H,5,6). The van der Waals surface area contributed by atoms with E-state index in [1.54, 1.807) is 6.07 Å². The van der Waals surface area contributed by atoms with Gasteiger partial charge in [-0.25, -0.2) is 9.59 Å². The van der Waals surface area contributed by atoms with Crippen LogP contribution in [-0.2, 0) is 22.7 Å². The summed E-state index contributed by atoms with van der Waals surface area (Å²) in [6, 6.07) is 13.7. The van der Waals surface area contributed by atoms with E-state index in [4.69, 9.17) is 31.4 Å². The molecule has 1 saturated heterocycles. The Balaban J connectivity index is 0.000000438. The van der Waals surface area contributed by atoms with Crippen LogP contribution in [0.25, 0.3) is 0 Å². The van der Waals surface area contributed by atoms with Crippen LogP contribution in [-0.4, -0.2) is 63.2 Å². The number of halogens is 2. The van der Waals surface area contributed by atoms with Gasteiger partial charge in [-0.15, -0.1) is 0 Å². The van der Waals surface area contributed by atoms with Gasteiger partial charge in [-0.2, -0.15) is 0 Å². The Morgan fingerprint density at radius 1 is 0.897 bits per heavy atom. The zero-order chi connectivity index (χ0) is 21.4. The maximum atomic E-state index is 9.97. The number of aliphatic carboxylic acids is 2. The predicted octanol–water partition coefficient (Wildman–Crippen LogP) is 3.28.